The summed E-state index contributed by atoms with van der Waals surface area (Å²) in [4.78, 5) is 27.8. The second kappa shape index (κ2) is 6.64. The Hall–Kier alpha value is -2.14. The molecule has 1 heterocycles. The van der Waals surface area contributed by atoms with E-state index >= 15 is 0 Å². The quantitative estimate of drug-likeness (QED) is 0.723. The van der Waals surface area contributed by atoms with Gasteiger partial charge in [-0.2, -0.15) is 0 Å². The third-order valence-corrected chi connectivity index (χ3v) is 6.10. The molecule has 3 aliphatic rings. The number of carboxylic acids is 1. The Kier molecular flexibility index (Phi) is 4.34. The number of piperazine rings is 1. The van der Waals surface area contributed by atoms with E-state index < -0.39 is 17.8 Å². The highest BCUT2D eigenvalue weighted by atomic mass is 16.4. The molecule has 0 radical (unpaired) electrons. The summed E-state index contributed by atoms with van der Waals surface area (Å²) in [5.74, 6) is -2.05. The standard InChI is InChI=1S/C20H24N2O3/c23-19(17-15-6-7-16(12-15)18(17)20(24)25)22-10-8-21(9-11-22)13-14-4-2-1-3-5-14/h1-7,15-18H,8-13H2,(H,24,25). The van der Waals surface area contributed by atoms with Crippen LogP contribution in [0.5, 0.6) is 0 Å². The van der Waals surface area contributed by atoms with Gasteiger partial charge in [-0.05, 0) is 18.3 Å². The Morgan fingerprint density at radius 2 is 1.68 bits per heavy atom. The topological polar surface area (TPSA) is 64.9 Å². The van der Waals surface area contributed by atoms with Crippen LogP contribution in [0.1, 0.15) is 12.0 Å². The Balaban J connectivity index is 1.37. The number of nitrogens with one attached hydrogen (secondary N) is 1. The van der Waals surface area contributed by atoms with Crippen molar-refractivity contribution in [3.05, 3.63) is 48.0 Å². The van der Waals surface area contributed by atoms with Crippen LogP contribution in [0.4, 0.5) is 0 Å². The number of allylic oxidation sites excluding steroid dienone is 2. The van der Waals surface area contributed by atoms with Gasteiger partial charge in [0.05, 0.1) is 32.1 Å². The number of fused-ring (bicyclic) bond motifs is 2. The first-order valence-electron chi connectivity index (χ1n) is 9.19. The molecule has 1 amide bonds. The van der Waals surface area contributed by atoms with Gasteiger partial charge in [-0.3, -0.25) is 4.79 Å². The molecule has 5 nitrogen and oxygen atoms in total. The molecule has 2 bridgehead atoms. The van der Waals surface area contributed by atoms with Crippen LogP contribution < -0.4 is 10.0 Å². The summed E-state index contributed by atoms with van der Waals surface area (Å²) in [7, 11) is 0. The molecule has 1 N–H and O–H groups in total. The van der Waals surface area contributed by atoms with E-state index in [-0.39, 0.29) is 17.7 Å². The molecule has 2 fully saturated rings. The SMILES string of the molecule is O=C([O-])C1C2C=CC(C2)C1C(=O)N1CC[NH+](Cc2ccccc2)CC1. The molecule has 132 valence electrons. The van der Waals surface area contributed by atoms with E-state index in [4.69, 9.17) is 0 Å². The van der Waals surface area contributed by atoms with Gasteiger partial charge >= 0.3 is 0 Å². The van der Waals surface area contributed by atoms with Crippen LogP contribution in [0.2, 0.25) is 0 Å². The summed E-state index contributed by atoms with van der Waals surface area (Å²) in [5, 5.41) is 11.5. The van der Waals surface area contributed by atoms with E-state index in [0.717, 1.165) is 26.1 Å². The van der Waals surface area contributed by atoms with Gasteiger partial charge in [0.1, 0.15) is 6.54 Å². The van der Waals surface area contributed by atoms with Crippen molar-refractivity contribution in [2.45, 2.75) is 13.0 Å². The minimum Gasteiger partial charge on any atom is -0.550 e. The van der Waals surface area contributed by atoms with E-state index in [2.05, 4.69) is 24.3 Å². The van der Waals surface area contributed by atoms with Gasteiger partial charge < -0.3 is 19.7 Å². The monoisotopic (exact) mass is 340 g/mol. The maximum absolute atomic E-state index is 13.0. The average molecular weight is 340 g/mol. The zero-order valence-electron chi connectivity index (χ0n) is 14.3. The highest BCUT2D eigenvalue weighted by Crippen LogP contribution is 2.48. The molecule has 0 aromatic heterocycles. The lowest BCUT2D eigenvalue weighted by Gasteiger charge is -2.37. The normalized spacial score (nSPS) is 31.4. The fourth-order valence-electron chi connectivity index (χ4n) is 4.80. The Morgan fingerprint density at radius 3 is 2.32 bits per heavy atom. The molecule has 4 unspecified atom stereocenters. The van der Waals surface area contributed by atoms with Gasteiger partial charge in [0.2, 0.25) is 5.91 Å². The minimum atomic E-state index is -1.07. The summed E-state index contributed by atoms with van der Waals surface area (Å²) in [6, 6.07) is 10.4. The lowest BCUT2D eigenvalue weighted by Crippen LogP contribution is -3.13. The molecule has 1 aromatic carbocycles. The van der Waals surface area contributed by atoms with Gasteiger partial charge in [0.15, 0.2) is 0 Å². The zero-order chi connectivity index (χ0) is 17.4. The first-order valence-corrected chi connectivity index (χ1v) is 9.19. The number of carbonyl (C=O) groups excluding carboxylic acids is 2. The summed E-state index contributed by atoms with van der Waals surface area (Å²) in [5.41, 5.74) is 1.31. The average Bonchev–Trinajstić information content (AvgIpc) is 3.24. The van der Waals surface area contributed by atoms with Crippen molar-refractivity contribution in [1.82, 2.24) is 4.90 Å². The fourth-order valence-corrected chi connectivity index (χ4v) is 4.80. The summed E-state index contributed by atoms with van der Waals surface area (Å²) < 4.78 is 0. The number of rotatable bonds is 4. The minimum absolute atomic E-state index is 0.0183. The number of hydrogen-bond donors (Lipinski definition) is 1. The van der Waals surface area contributed by atoms with E-state index in [1.165, 1.54) is 10.5 Å². The number of amides is 1. The summed E-state index contributed by atoms with van der Waals surface area (Å²) >= 11 is 0. The summed E-state index contributed by atoms with van der Waals surface area (Å²) in [6.07, 6.45) is 4.77. The predicted molar refractivity (Wildman–Crippen MR) is 90.1 cm³/mol. The molecule has 25 heavy (non-hydrogen) atoms. The lowest BCUT2D eigenvalue weighted by atomic mass is 9.82. The maximum Gasteiger partial charge on any atom is 0.227 e. The van der Waals surface area contributed by atoms with Crippen molar-refractivity contribution in [3.63, 3.8) is 0 Å². The largest absolute Gasteiger partial charge is 0.550 e. The van der Waals surface area contributed by atoms with Crippen molar-refractivity contribution in [3.8, 4) is 0 Å². The molecule has 1 saturated carbocycles. The molecule has 1 saturated heterocycles. The second-order valence-corrected chi connectivity index (χ2v) is 7.56. The number of carbonyl (C=O) groups is 2. The number of hydrogen-bond acceptors (Lipinski definition) is 3. The number of nitrogens with zero attached hydrogens (tertiary/aromatic N) is 1. The van der Waals surface area contributed by atoms with Crippen LogP contribution >= 0.6 is 0 Å². The van der Waals surface area contributed by atoms with Crippen LogP contribution in [0.25, 0.3) is 0 Å². The molecule has 5 heteroatoms. The van der Waals surface area contributed by atoms with Crippen LogP contribution in [-0.4, -0.2) is 43.0 Å². The van der Waals surface area contributed by atoms with Gasteiger partial charge in [0.25, 0.3) is 0 Å². The van der Waals surface area contributed by atoms with Crippen molar-refractivity contribution in [2.75, 3.05) is 26.2 Å². The Labute approximate surface area is 147 Å². The van der Waals surface area contributed by atoms with Crippen LogP contribution in [0.15, 0.2) is 42.5 Å². The number of benzene rings is 1. The molecule has 2 aliphatic carbocycles. The van der Waals surface area contributed by atoms with Gasteiger partial charge in [0, 0.05) is 17.5 Å². The Bertz CT molecular complexity index is 679. The zero-order valence-corrected chi connectivity index (χ0v) is 14.3. The molecule has 1 aliphatic heterocycles. The molecular formula is C20H24N2O3. The highest BCUT2D eigenvalue weighted by Gasteiger charge is 2.50. The lowest BCUT2D eigenvalue weighted by molar-refractivity contribution is -0.917. The van der Waals surface area contributed by atoms with E-state index in [1.54, 1.807) is 0 Å². The fraction of sp³-hybridized carbons (Fsp3) is 0.500. The molecule has 1 aromatic rings. The molecule has 4 rings (SSSR count). The Morgan fingerprint density at radius 1 is 1.04 bits per heavy atom. The molecule has 0 spiro atoms. The van der Waals surface area contributed by atoms with E-state index in [9.17, 15) is 14.7 Å². The first kappa shape index (κ1) is 16.3. The van der Waals surface area contributed by atoms with Gasteiger partial charge in [-0.15, -0.1) is 0 Å². The van der Waals surface area contributed by atoms with Gasteiger partial charge in [-0.1, -0.05) is 42.5 Å². The number of quaternary nitrogens is 1. The van der Waals surface area contributed by atoms with Gasteiger partial charge in [-0.25, -0.2) is 0 Å². The number of aliphatic carboxylic acids is 1. The smallest absolute Gasteiger partial charge is 0.227 e. The second-order valence-electron chi connectivity index (χ2n) is 7.56. The van der Waals surface area contributed by atoms with Crippen molar-refractivity contribution in [1.29, 1.82) is 0 Å². The summed E-state index contributed by atoms with van der Waals surface area (Å²) in [6.45, 7) is 4.21. The number of carboxylic acid groups (broad SMARTS) is 1. The van der Waals surface area contributed by atoms with Crippen LogP contribution in [0, 0.1) is 23.7 Å². The third kappa shape index (κ3) is 3.09. The maximum atomic E-state index is 13.0. The molecular weight excluding hydrogens is 316 g/mol. The van der Waals surface area contributed by atoms with Crippen LogP contribution in [-0.2, 0) is 16.1 Å². The van der Waals surface area contributed by atoms with Crippen molar-refractivity contribution < 1.29 is 19.6 Å². The first-order chi connectivity index (χ1) is 12.1. The third-order valence-electron chi connectivity index (χ3n) is 6.10. The van der Waals surface area contributed by atoms with E-state index in [0.29, 0.717) is 13.1 Å². The van der Waals surface area contributed by atoms with Crippen molar-refractivity contribution in [2.24, 2.45) is 23.7 Å². The van der Waals surface area contributed by atoms with E-state index in [1.807, 2.05) is 23.1 Å². The predicted octanol–water partition coefficient (Wildman–Crippen LogP) is -0.898. The highest BCUT2D eigenvalue weighted by molar-refractivity contribution is 5.86. The van der Waals surface area contributed by atoms with Crippen LogP contribution in [0.3, 0.4) is 0 Å². The van der Waals surface area contributed by atoms with Crippen molar-refractivity contribution >= 4 is 11.9 Å². The molecule has 4 atom stereocenters.